The summed E-state index contributed by atoms with van der Waals surface area (Å²) in [5.74, 6) is 0.580. The molecule has 1 aromatic rings. The number of nitrogens with zero attached hydrogens (tertiary/aromatic N) is 1. The molecule has 0 atom stereocenters. The molecule has 1 N–H and O–H groups in total. The number of benzene rings is 1. The van der Waals surface area contributed by atoms with Crippen molar-refractivity contribution in [1.29, 1.82) is 0 Å². The van der Waals surface area contributed by atoms with Gasteiger partial charge in [-0.15, -0.1) is 0 Å². The van der Waals surface area contributed by atoms with E-state index in [4.69, 9.17) is 14.2 Å². The van der Waals surface area contributed by atoms with Crippen molar-refractivity contribution in [2.75, 3.05) is 36.5 Å². The number of hydrogen-bond donors (Lipinski definition) is 1. The van der Waals surface area contributed by atoms with E-state index < -0.39 is 5.97 Å². The number of amides is 1. The third kappa shape index (κ3) is 2.79. The third-order valence-corrected chi connectivity index (χ3v) is 3.34. The standard InChI is InChI=1S/C15H18N2O5/c1-9(2)22-15(19)8-17-11-6-13-12(20-3-4-21-13)5-10(11)16-7-14(17)18/h5-6,9,16H,3-4,7-8H2,1-2H3. The molecule has 0 saturated carbocycles. The van der Waals surface area contributed by atoms with E-state index >= 15 is 0 Å². The topological polar surface area (TPSA) is 77.1 Å². The van der Waals surface area contributed by atoms with Crippen molar-refractivity contribution in [3.63, 3.8) is 0 Å². The number of anilines is 2. The molecule has 22 heavy (non-hydrogen) atoms. The van der Waals surface area contributed by atoms with Crippen molar-refractivity contribution >= 4 is 23.3 Å². The lowest BCUT2D eigenvalue weighted by atomic mass is 10.1. The molecule has 2 aliphatic heterocycles. The van der Waals surface area contributed by atoms with Crippen molar-refractivity contribution in [3.05, 3.63) is 12.1 Å². The fourth-order valence-corrected chi connectivity index (χ4v) is 2.45. The van der Waals surface area contributed by atoms with Crippen LogP contribution in [-0.2, 0) is 14.3 Å². The quantitative estimate of drug-likeness (QED) is 0.845. The molecule has 0 spiro atoms. The van der Waals surface area contributed by atoms with Gasteiger partial charge >= 0.3 is 5.97 Å². The summed E-state index contributed by atoms with van der Waals surface area (Å²) in [7, 11) is 0. The van der Waals surface area contributed by atoms with Gasteiger partial charge in [0.05, 0.1) is 24.0 Å². The Hall–Kier alpha value is -2.44. The summed E-state index contributed by atoms with van der Waals surface area (Å²) in [5, 5.41) is 3.03. The van der Waals surface area contributed by atoms with E-state index in [1.807, 2.05) is 0 Å². The minimum atomic E-state index is -0.439. The van der Waals surface area contributed by atoms with Crippen LogP contribution in [0.25, 0.3) is 0 Å². The summed E-state index contributed by atoms with van der Waals surface area (Å²) in [5.41, 5.74) is 1.34. The summed E-state index contributed by atoms with van der Waals surface area (Å²) < 4.78 is 16.2. The first-order valence-corrected chi connectivity index (χ1v) is 7.22. The summed E-state index contributed by atoms with van der Waals surface area (Å²) in [6.07, 6.45) is -0.217. The Kier molecular flexibility index (Phi) is 3.79. The van der Waals surface area contributed by atoms with Crippen LogP contribution in [0.4, 0.5) is 11.4 Å². The summed E-state index contributed by atoms with van der Waals surface area (Å²) in [6.45, 7) is 4.50. The molecule has 118 valence electrons. The Balaban J connectivity index is 1.89. The number of nitrogens with one attached hydrogen (secondary N) is 1. The average Bonchev–Trinajstić information content (AvgIpc) is 2.48. The first-order chi connectivity index (χ1) is 10.5. The van der Waals surface area contributed by atoms with Crippen LogP contribution in [0.15, 0.2) is 12.1 Å². The van der Waals surface area contributed by atoms with Gasteiger partial charge in [0.1, 0.15) is 19.8 Å². The van der Waals surface area contributed by atoms with E-state index in [2.05, 4.69) is 5.32 Å². The van der Waals surface area contributed by atoms with Crippen LogP contribution in [-0.4, -0.2) is 44.3 Å². The largest absolute Gasteiger partial charge is 0.486 e. The summed E-state index contributed by atoms with van der Waals surface area (Å²) >= 11 is 0. The van der Waals surface area contributed by atoms with Gasteiger partial charge in [0, 0.05) is 12.1 Å². The molecule has 1 amide bonds. The number of fused-ring (bicyclic) bond motifs is 2. The van der Waals surface area contributed by atoms with Crippen molar-refractivity contribution in [1.82, 2.24) is 0 Å². The molecule has 0 radical (unpaired) electrons. The van der Waals surface area contributed by atoms with Gasteiger partial charge in [-0.25, -0.2) is 0 Å². The maximum Gasteiger partial charge on any atom is 0.326 e. The van der Waals surface area contributed by atoms with Gasteiger partial charge in [0.2, 0.25) is 5.91 Å². The Morgan fingerprint density at radius 3 is 2.68 bits per heavy atom. The first-order valence-electron chi connectivity index (χ1n) is 7.22. The highest BCUT2D eigenvalue weighted by molar-refractivity contribution is 6.06. The maximum absolute atomic E-state index is 12.1. The van der Waals surface area contributed by atoms with E-state index in [1.165, 1.54) is 4.90 Å². The second kappa shape index (κ2) is 5.75. The molecule has 7 heteroatoms. The number of carbonyl (C=O) groups is 2. The Morgan fingerprint density at radius 1 is 1.32 bits per heavy atom. The lowest BCUT2D eigenvalue weighted by Crippen LogP contribution is -2.43. The highest BCUT2D eigenvalue weighted by atomic mass is 16.6. The third-order valence-electron chi connectivity index (χ3n) is 3.34. The number of ether oxygens (including phenoxy) is 3. The van der Waals surface area contributed by atoms with Crippen molar-refractivity contribution in [3.8, 4) is 11.5 Å². The van der Waals surface area contributed by atoms with E-state index in [1.54, 1.807) is 26.0 Å². The van der Waals surface area contributed by atoms with Crippen LogP contribution in [0.3, 0.4) is 0 Å². The normalized spacial score (nSPS) is 16.1. The zero-order valence-corrected chi connectivity index (χ0v) is 12.5. The predicted octanol–water partition coefficient (Wildman–Crippen LogP) is 1.17. The SMILES string of the molecule is CC(C)OC(=O)CN1C(=O)CNc2cc3c(cc21)OCCO3. The van der Waals surface area contributed by atoms with Gasteiger partial charge in [0.25, 0.3) is 0 Å². The van der Waals surface area contributed by atoms with Crippen LogP contribution in [0, 0.1) is 0 Å². The molecule has 2 aliphatic rings. The molecule has 2 heterocycles. The molecule has 3 rings (SSSR count). The Morgan fingerprint density at radius 2 is 2.00 bits per heavy atom. The molecular weight excluding hydrogens is 288 g/mol. The highest BCUT2D eigenvalue weighted by Crippen LogP contribution is 2.41. The van der Waals surface area contributed by atoms with Gasteiger partial charge < -0.3 is 19.5 Å². The molecule has 0 bridgehead atoms. The molecule has 0 saturated heterocycles. The second-order valence-corrected chi connectivity index (χ2v) is 5.39. The van der Waals surface area contributed by atoms with Crippen molar-refractivity contribution < 1.29 is 23.8 Å². The van der Waals surface area contributed by atoms with E-state index in [0.29, 0.717) is 30.4 Å². The lowest BCUT2D eigenvalue weighted by molar-refractivity contribution is -0.146. The minimum absolute atomic E-state index is 0.120. The molecule has 7 nitrogen and oxygen atoms in total. The molecule has 0 unspecified atom stereocenters. The van der Waals surface area contributed by atoms with Gasteiger partial charge in [-0.2, -0.15) is 0 Å². The highest BCUT2D eigenvalue weighted by Gasteiger charge is 2.29. The van der Waals surface area contributed by atoms with Crippen LogP contribution < -0.4 is 19.7 Å². The Labute approximate surface area is 128 Å². The molecule has 1 aromatic carbocycles. The van der Waals surface area contributed by atoms with E-state index in [0.717, 1.165) is 5.69 Å². The molecule has 0 aromatic heterocycles. The number of hydrogen-bond acceptors (Lipinski definition) is 6. The van der Waals surface area contributed by atoms with E-state index in [9.17, 15) is 9.59 Å². The second-order valence-electron chi connectivity index (χ2n) is 5.39. The molecular formula is C15H18N2O5. The number of rotatable bonds is 3. The number of carbonyl (C=O) groups excluding carboxylic acids is 2. The average molecular weight is 306 g/mol. The van der Waals surface area contributed by atoms with Gasteiger partial charge in [0.15, 0.2) is 11.5 Å². The summed E-state index contributed by atoms with van der Waals surface area (Å²) in [4.78, 5) is 25.4. The maximum atomic E-state index is 12.1. The smallest absolute Gasteiger partial charge is 0.326 e. The van der Waals surface area contributed by atoms with Crippen LogP contribution >= 0.6 is 0 Å². The fourth-order valence-electron chi connectivity index (χ4n) is 2.45. The van der Waals surface area contributed by atoms with E-state index in [-0.39, 0.29) is 25.1 Å². The zero-order chi connectivity index (χ0) is 15.7. The fraction of sp³-hybridized carbons (Fsp3) is 0.467. The van der Waals surface area contributed by atoms with Crippen LogP contribution in [0.2, 0.25) is 0 Å². The minimum Gasteiger partial charge on any atom is -0.486 e. The zero-order valence-electron chi connectivity index (χ0n) is 12.5. The first kappa shape index (κ1) is 14.5. The van der Waals surface area contributed by atoms with Crippen LogP contribution in [0.1, 0.15) is 13.8 Å². The predicted molar refractivity (Wildman–Crippen MR) is 79.5 cm³/mol. The monoisotopic (exact) mass is 306 g/mol. The number of esters is 1. The molecule has 0 aliphatic carbocycles. The van der Waals surface area contributed by atoms with Gasteiger partial charge in [-0.3, -0.25) is 14.5 Å². The summed E-state index contributed by atoms with van der Waals surface area (Å²) in [6, 6.07) is 3.51. The lowest BCUT2D eigenvalue weighted by Gasteiger charge is -2.31. The van der Waals surface area contributed by atoms with Gasteiger partial charge in [-0.1, -0.05) is 0 Å². The molecule has 0 fully saturated rings. The van der Waals surface area contributed by atoms with Crippen LogP contribution in [0.5, 0.6) is 11.5 Å². The Bertz CT molecular complexity index is 614. The van der Waals surface area contributed by atoms with Crippen molar-refractivity contribution in [2.45, 2.75) is 20.0 Å². The van der Waals surface area contributed by atoms with Gasteiger partial charge in [-0.05, 0) is 13.8 Å². The van der Waals surface area contributed by atoms with Crippen molar-refractivity contribution in [2.24, 2.45) is 0 Å².